The van der Waals surface area contributed by atoms with Crippen molar-refractivity contribution >= 4 is 56.9 Å². The molecule has 26 heavy (non-hydrogen) atoms. The second kappa shape index (κ2) is 7.43. The molecular formula is C18H14Cl2N2O4. The zero-order chi connectivity index (χ0) is 18.8. The molecule has 3 aromatic rings. The minimum atomic E-state index is -0.546. The second-order valence-electron chi connectivity index (χ2n) is 5.27. The minimum Gasteiger partial charge on any atom is -0.462 e. The van der Waals surface area contributed by atoms with Crippen molar-refractivity contribution in [1.82, 2.24) is 9.97 Å². The number of carbonyl (C=O) groups excluding carboxylic acids is 2. The first kappa shape index (κ1) is 18.4. The van der Waals surface area contributed by atoms with Crippen molar-refractivity contribution in [2.45, 2.75) is 13.8 Å². The van der Waals surface area contributed by atoms with Crippen LogP contribution < -0.4 is 0 Å². The molecule has 0 atom stereocenters. The van der Waals surface area contributed by atoms with Gasteiger partial charge in [-0.05, 0) is 13.8 Å². The molecule has 134 valence electrons. The fraction of sp³-hybridized carbons (Fsp3) is 0.222. The Morgan fingerprint density at radius 2 is 1.23 bits per heavy atom. The van der Waals surface area contributed by atoms with Gasteiger partial charge in [-0.3, -0.25) is 9.97 Å². The summed E-state index contributed by atoms with van der Waals surface area (Å²) in [4.78, 5) is 32.6. The predicted octanol–water partition coefficient (Wildman–Crippen LogP) is 4.44. The lowest BCUT2D eigenvalue weighted by Crippen LogP contribution is -2.07. The minimum absolute atomic E-state index is 0.176. The Balaban J connectivity index is 2.21. The molecule has 2 heterocycles. The summed E-state index contributed by atoms with van der Waals surface area (Å²) in [5, 5.41) is 1.53. The molecule has 0 amide bonds. The largest absolute Gasteiger partial charge is 0.462 e. The second-order valence-corrected chi connectivity index (χ2v) is 6.03. The number of benzene rings is 1. The first-order chi connectivity index (χ1) is 12.5. The van der Waals surface area contributed by atoms with E-state index in [1.165, 1.54) is 12.4 Å². The van der Waals surface area contributed by atoms with Gasteiger partial charge in [-0.2, -0.15) is 0 Å². The van der Waals surface area contributed by atoms with Crippen LogP contribution in [0.3, 0.4) is 0 Å². The van der Waals surface area contributed by atoms with E-state index in [4.69, 9.17) is 32.7 Å². The van der Waals surface area contributed by atoms with E-state index in [0.29, 0.717) is 21.8 Å². The summed E-state index contributed by atoms with van der Waals surface area (Å²) in [5.41, 5.74) is 1.29. The lowest BCUT2D eigenvalue weighted by atomic mass is 10.1. The molecule has 0 N–H and O–H groups in total. The number of ether oxygens (including phenoxy) is 2. The number of pyridine rings is 2. The summed E-state index contributed by atoms with van der Waals surface area (Å²) in [7, 11) is 0. The Morgan fingerprint density at radius 1 is 0.846 bits per heavy atom. The van der Waals surface area contributed by atoms with Crippen molar-refractivity contribution in [1.29, 1.82) is 0 Å². The molecule has 0 unspecified atom stereocenters. The van der Waals surface area contributed by atoms with Gasteiger partial charge in [0.25, 0.3) is 0 Å². The average Bonchev–Trinajstić information content (AvgIpc) is 2.62. The molecule has 0 fully saturated rings. The van der Waals surface area contributed by atoms with Crippen LogP contribution in [0, 0.1) is 0 Å². The van der Waals surface area contributed by atoms with E-state index in [1.54, 1.807) is 26.0 Å². The third kappa shape index (κ3) is 3.06. The van der Waals surface area contributed by atoms with Gasteiger partial charge in [-0.25, -0.2) is 9.59 Å². The van der Waals surface area contributed by atoms with Crippen molar-refractivity contribution in [3.8, 4) is 0 Å². The van der Waals surface area contributed by atoms with Crippen LogP contribution in [0.15, 0.2) is 24.5 Å². The van der Waals surface area contributed by atoms with Gasteiger partial charge < -0.3 is 9.47 Å². The fourth-order valence-corrected chi connectivity index (χ4v) is 3.12. The highest BCUT2D eigenvalue weighted by Gasteiger charge is 2.20. The van der Waals surface area contributed by atoms with Gasteiger partial charge in [0, 0.05) is 23.2 Å². The molecule has 0 spiro atoms. The van der Waals surface area contributed by atoms with Crippen LogP contribution >= 0.6 is 23.2 Å². The van der Waals surface area contributed by atoms with E-state index in [1.807, 2.05) is 0 Å². The lowest BCUT2D eigenvalue weighted by Gasteiger charge is -2.10. The molecular weight excluding hydrogens is 379 g/mol. The van der Waals surface area contributed by atoms with Crippen molar-refractivity contribution < 1.29 is 19.1 Å². The van der Waals surface area contributed by atoms with Gasteiger partial charge in [0.05, 0.1) is 45.4 Å². The Morgan fingerprint density at radius 3 is 1.58 bits per heavy atom. The first-order valence-electron chi connectivity index (χ1n) is 7.89. The number of aromatic nitrogens is 2. The number of nitrogens with zero attached hydrogens (tertiary/aromatic N) is 2. The summed E-state index contributed by atoms with van der Waals surface area (Å²) < 4.78 is 9.96. The number of hydrogen-bond donors (Lipinski definition) is 0. The summed E-state index contributed by atoms with van der Waals surface area (Å²) in [6.07, 6.45) is 2.69. The van der Waals surface area contributed by atoms with Gasteiger partial charge in [0.2, 0.25) is 0 Å². The van der Waals surface area contributed by atoms with Crippen LogP contribution in [-0.2, 0) is 9.47 Å². The number of esters is 2. The molecule has 0 radical (unpaired) electrons. The Labute approximate surface area is 159 Å². The van der Waals surface area contributed by atoms with E-state index in [9.17, 15) is 9.59 Å². The zero-order valence-corrected chi connectivity index (χ0v) is 15.5. The number of carbonyl (C=O) groups is 2. The molecule has 0 saturated heterocycles. The first-order valence-corrected chi connectivity index (χ1v) is 8.64. The molecule has 0 aliphatic carbocycles. The van der Waals surface area contributed by atoms with Gasteiger partial charge in [0.1, 0.15) is 0 Å². The van der Waals surface area contributed by atoms with Crippen LogP contribution in [0.2, 0.25) is 10.0 Å². The van der Waals surface area contributed by atoms with Crippen molar-refractivity contribution in [2.75, 3.05) is 13.2 Å². The van der Waals surface area contributed by atoms with Gasteiger partial charge >= 0.3 is 11.9 Å². The third-order valence-corrected chi connectivity index (χ3v) is 4.55. The van der Waals surface area contributed by atoms with Gasteiger partial charge in [-0.1, -0.05) is 35.3 Å². The van der Waals surface area contributed by atoms with Crippen LogP contribution in [0.4, 0.5) is 0 Å². The number of rotatable bonds is 4. The summed E-state index contributed by atoms with van der Waals surface area (Å²) in [6.45, 7) is 3.89. The van der Waals surface area contributed by atoms with E-state index in [2.05, 4.69) is 9.97 Å². The molecule has 8 heteroatoms. The van der Waals surface area contributed by atoms with Crippen LogP contribution in [0.1, 0.15) is 34.6 Å². The number of hydrogen-bond acceptors (Lipinski definition) is 6. The maximum atomic E-state index is 12.0. The standard InChI is InChI=1S/C18H14Cl2N2O4/c1-3-25-17(23)11-7-21-15-9(13(11)19)5-6-10-14(20)12(8-22-16(10)15)18(24)26-4-2/h5-8H,3-4H2,1-2H3. The quantitative estimate of drug-likeness (QED) is 0.482. The SMILES string of the molecule is CCOC(=O)c1cnc2c(ccc3c(Cl)c(C(=O)OCC)cnc32)c1Cl. The molecule has 2 aromatic heterocycles. The average molecular weight is 393 g/mol. The van der Waals surface area contributed by atoms with Crippen LogP contribution in [0.5, 0.6) is 0 Å². The van der Waals surface area contributed by atoms with Crippen molar-refractivity contribution in [2.24, 2.45) is 0 Å². The maximum absolute atomic E-state index is 12.0. The summed E-state index contributed by atoms with van der Waals surface area (Å²) in [6, 6.07) is 3.36. The van der Waals surface area contributed by atoms with E-state index in [-0.39, 0.29) is 34.4 Å². The molecule has 6 nitrogen and oxygen atoms in total. The molecule has 3 rings (SSSR count). The normalized spacial score (nSPS) is 10.9. The van der Waals surface area contributed by atoms with E-state index < -0.39 is 11.9 Å². The van der Waals surface area contributed by atoms with Crippen LogP contribution in [0.25, 0.3) is 21.8 Å². The summed E-state index contributed by atoms with van der Waals surface area (Å²) >= 11 is 12.7. The highest BCUT2D eigenvalue weighted by molar-refractivity contribution is 6.41. The van der Waals surface area contributed by atoms with Gasteiger partial charge in [0.15, 0.2) is 0 Å². The molecule has 0 aliphatic rings. The molecule has 0 saturated carbocycles. The maximum Gasteiger partial charge on any atom is 0.341 e. The number of fused-ring (bicyclic) bond motifs is 3. The fourth-order valence-electron chi connectivity index (χ4n) is 2.56. The zero-order valence-electron chi connectivity index (χ0n) is 14.0. The van der Waals surface area contributed by atoms with Crippen molar-refractivity contribution in [3.05, 3.63) is 45.7 Å². The molecule has 1 aromatic carbocycles. The lowest BCUT2D eigenvalue weighted by molar-refractivity contribution is 0.0516. The van der Waals surface area contributed by atoms with Crippen LogP contribution in [-0.4, -0.2) is 35.1 Å². The smallest absolute Gasteiger partial charge is 0.341 e. The van der Waals surface area contributed by atoms with Gasteiger partial charge in [-0.15, -0.1) is 0 Å². The highest BCUT2D eigenvalue weighted by atomic mass is 35.5. The van der Waals surface area contributed by atoms with Crippen molar-refractivity contribution in [3.63, 3.8) is 0 Å². The summed E-state index contributed by atoms with van der Waals surface area (Å²) in [5.74, 6) is -1.09. The molecule has 0 aliphatic heterocycles. The third-order valence-electron chi connectivity index (χ3n) is 3.73. The molecule has 0 bridgehead atoms. The topological polar surface area (TPSA) is 78.4 Å². The number of halogens is 2. The Hall–Kier alpha value is -2.44. The Kier molecular flexibility index (Phi) is 5.25. The van der Waals surface area contributed by atoms with E-state index in [0.717, 1.165) is 0 Å². The monoisotopic (exact) mass is 392 g/mol. The highest BCUT2D eigenvalue weighted by Crippen LogP contribution is 2.34. The van der Waals surface area contributed by atoms with E-state index >= 15 is 0 Å². The predicted molar refractivity (Wildman–Crippen MR) is 99.0 cm³/mol. The Bertz CT molecular complexity index is 954.